The number of carbonyl (C=O) groups excluding carboxylic acids is 1. The molecule has 1 aliphatic rings. The van der Waals surface area contributed by atoms with Gasteiger partial charge in [-0.1, -0.05) is 59.3 Å². The van der Waals surface area contributed by atoms with Crippen molar-refractivity contribution >= 4 is 21.8 Å². The lowest BCUT2D eigenvalue weighted by atomic mass is 9.87. The van der Waals surface area contributed by atoms with Crippen molar-refractivity contribution in [1.29, 1.82) is 5.26 Å². The van der Waals surface area contributed by atoms with Gasteiger partial charge in [-0.05, 0) is 106 Å². The lowest BCUT2D eigenvalue weighted by Gasteiger charge is -2.26. The molecule has 0 bridgehead atoms. The molecule has 1 amide bonds. The number of amides is 1. The number of nitrogens with one attached hydrogen (secondary N) is 1. The summed E-state index contributed by atoms with van der Waals surface area (Å²) in [5, 5.41) is 16.6. The van der Waals surface area contributed by atoms with Crippen LogP contribution in [0.2, 0.25) is 0 Å². The smallest absolute Gasteiger partial charge is 0.353 e. The van der Waals surface area contributed by atoms with E-state index >= 15 is 0 Å². The lowest BCUT2D eigenvalue weighted by Crippen LogP contribution is -2.38. The normalized spacial score (nSPS) is 15.4. The highest BCUT2D eigenvalue weighted by molar-refractivity contribution is 9.08. The highest BCUT2D eigenvalue weighted by Gasteiger charge is 2.32. The monoisotopic (exact) mass is 791 g/mol. The van der Waals surface area contributed by atoms with Crippen molar-refractivity contribution in [2.75, 3.05) is 19.9 Å². The van der Waals surface area contributed by atoms with Crippen LogP contribution in [0.1, 0.15) is 54.9 Å². The van der Waals surface area contributed by atoms with E-state index in [9.17, 15) is 22.8 Å². The van der Waals surface area contributed by atoms with Crippen LogP contribution >= 0.6 is 15.9 Å². The van der Waals surface area contributed by atoms with Gasteiger partial charge in [-0.15, -0.1) is 0 Å². The predicted molar refractivity (Wildman–Crippen MR) is 205 cm³/mol. The standard InChI is InChI=1S/C30H29F3N6O2.C9H13N.CH3Br/c1-19-6-10-22(11-7-19)36-27(40)17-25-28(26-14-15-35-38(26)23-12-8-20(18-34)9-13-23)37(2)39(29(25)41)24-5-3-4-21(16-24)30(31,32)33;1-10(2)8-9-6-4-3-5-7-9;1-2/h3-5,8-9,12-16,19,22H,6-7,10-11,17H2,1-2H3,(H,36,40);3-7H,8H2,1-2H3;1H3. The summed E-state index contributed by atoms with van der Waals surface area (Å²) >= 11 is 2.94. The average Bonchev–Trinajstić information content (AvgIpc) is 3.71. The van der Waals surface area contributed by atoms with E-state index in [0.29, 0.717) is 28.6 Å². The quantitative estimate of drug-likeness (QED) is 0.161. The van der Waals surface area contributed by atoms with Gasteiger partial charge in [0.2, 0.25) is 5.91 Å². The Bertz CT molecular complexity index is 2040. The Kier molecular flexibility index (Phi) is 14.4. The molecule has 1 fully saturated rings. The number of rotatable bonds is 8. The van der Waals surface area contributed by atoms with E-state index in [2.05, 4.69) is 82.6 Å². The van der Waals surface area contributed by atoms with Gasteiger partial charge in [0.15, 0.2) is 0 Å². The Morgan fingerprint density at radius 1 is 0.962 bits per heavy atom. The zero-order valence-electron chi connectivity index (χ0n) is 30.6. The van der Waals surface area contributed by atoms with E-state index in [1.54, 1.807) is 42.1 Å². The highest BCUT2D eigenvalue weighted by atomic mass is 79.9. The molecule has 0 radical (unpaired) electrons. The molecule has 2 aromatic heterocycles. The molecule has 5 aromatic rings. The van der Waals surface area contributed by atoms with Gasteiger partial charge in [-0.2, -0.15) is 23.5 Å². The maximum Gasteiger partial charge on any atom is 0.416 e. The maximum atomic E-state index is 13.9. The minimum Gasteiger partial charge on any atom is -0.353 e. The molecule has 2 heterocycles. The zero-order valence-corrected chi connectivity index (χ0v) is 32.2. The predicted octanol–water partition coefficient (Wildman–Crippen LogP) is 7.92. The number of nitrogens with zero attached hydrogens (tertiary/aromatic N) is 6. The van der Waals surface area contributed by atoms with Crippen LogP contribution < -0.4 is 10.9 Å². The summed E-state index contributed by atoms with van der Waals surface area (Å²) in [5.74, 6) is 2.09. The number of hydrogen-bond donors (Lipinski definition) is 1. The van der Waals surface area contributed by atoms with Gasteiger partial charge in [0.1, 0.15) is 0 Å². The molecule has 6 rings (SSSR count). The second kappa shape index (κ2) is 18.7. The fourth-order valence-electron chi connectivity index (χ4n) is 6.40. The number of aromatic nitrogens is 4. The summed E-state index contributed by atoms with van der Waals surface area (Å²) in [7, 11) is 5.72. The van der Waals surface area contributed by atoms with Crippen molar-refractivity contribution in [2.24, 2.45) is 13.0 Å². The first-order valence-electron chi connectivity index (χ1n) is 17.2. The van der Waals surface area contributed by atoms with Crippen molar-refractivity contribution in [1.82, 2.24) is 29.4 Å². The van der Waals surface area contributed by atoms with E-state index in [0.717, 1.165) is 49.0 Å². The molecule has 53 heavy (non-hydrogen) atoms. The Labute approximate surface area is 316 Å². The highest BCUT2D eigenvalue weighted by Crippen LogP contribution is 2.32. The summed E-state index contributed by atoms with van der Waals surface area (Å²) in [6.07, 6.45) is 0.414. The van der Waals surface area contributed by atoms with Gasteiger partial charge in [0, 0.05) is 19.6 Å². The summed E-state index contributed by atoms with van der Waals surface area (Å²) in [5.41, 5.74) is 1.92. The summed E-state index contributed by atoms with van der Waals surface area (Å²) in [6, 6.07) is 25.4. The summed E-state index contributed by atoms with van der Waals surface area (Å²) < 4.78 is 44.7. The van der Waals surface area contributed by atoms with Crippen LogP contribution in [0, 0.1) is 17.2 Å². The van der Waals surface area contributed by atoms with Gasteiger partial charge in [0.25, 0.3) is 5.56 Å². The van der Waals surface area contributed by atoms with Crippen LogP contribution in [-0.4, -0.2) is 55.9 Å². The van der Waals surface area contributed by atoms with Crippen molar-refractivity contribution in [3.05, 3.63) is 124 Å². The SMILES string of the molecule is CBr.CC1CCC(NC(=O)Cc2c(-c3ccnn3-c3ccc(C#N)cc3)n(C)n(-c3cccc(C(F)(F)F)c3)c2=O)CC1.CN(C)Cc1ccccc1. The summed E-state index contributed by atoms with van der Waals surface area (Å²) in [4.78, 5) is 29.3. The van der Waals surface area contributed by atoms with E-state index in [4.69, 9.17) is 5.26 Å². The molecule has 0 unspecified atom stereocenters. The van der Waals surface area contributed by atoms with E-state index in [1.165, 1.54) is 28.6 Å². The largest absolute Gasteiger partial charge is 0.416 e. The number of hydrogen-bond acceptors (Lipinski definition) is 5. The van der Waals surface area contributed by atoms with Crippen LogP contribution in [0.25, 0.3) is 22.8 Å². The first-order chi connectivity index (χ1) is 25.3. The molecule has 280 valence electrons. The van der Waals surface area contributed by atoms with Gasteiger partial charge in [-0.25, -0.2) is 9.36 Å². The van der Waals surface area contributed by atoms with E-state index in [1.807, 2.05) is 11.9 Å². The average molecular weight is 793 g/mol. The second-order valence-electron chi connectivity index (χ2n) is 13.2. The molecule has 0 atom stereocenters. The number of carbonyl (C=O) groups is 1. The molecule has 3 aromatic carbocycles. The number of alkyl halides is 4. The fourth-order valence-corrected chi connectivity index (χ4v) is 6.40. The third-order valence-corrected chi connectivity index (χ3v) is 8.96. The molecular weight excluding hydrogens is 747 g/mol. The third-order valence-electron chi connectivity index (χ3n) is 8.96. The third kappa shape index (κ3) is 10.6. The minimum atomic E-state index is -4.60. The molecule has 9 nitrogen and oxygen atoms in total. The van der Waals surface area contributed by atoms with Crippen LogP contribution in [-0.2, 0) is 31.0 Å². The molecule has 0 aliphatic heterocycles. The molecule has 1 saturated carbocycles. The van der Waals surface area contributed by atoms with Gasteiger partial charge in [0.05, 0.1) is 58.1 Å². The topological polar surface area (TPSA) is 101 Å². The Morgan fingerprint density at radius 3 is 2.23 bits per heavy atom. The first kappa shape index (κ1) is 40.8. The molecule has 1 N–H and O–H groups in total. The van der Waals surface area contributed by atoms with Crippen LogP contribution in [0.5, 0.6) is 0 Å². The molecular formula is C40H45BrF3N7O2. The Morgan fingerprint density at radius 2 is 1.62 bits per heavy atom. The fraction of sp³-hybridized carbons (Fsp3) is 0.350. The maximum absolute atomic E-state index is 13.9. The van der Waals surface area contributed by atoms with Crippen LogP contribution in [0.3, 0.4) is 0 Å². The van der Waals surface area contributed by atoms with Crippen molar-refractivity contribution < 1.29 is 18.0 Å². The number of benzene rings is 3. The van der Waals surface area contributed by atoms with Crippen molar-refractivity contribution in [3.8, 4) is 28.8 Å². The van der Waals surface area contributed by atoms with Crippen molar-refractivity contribution in [2.45, 2.75) is 57.8 Å². The second-order valence-corrected chi connectivity index (χ2v) is 13.2. The molecule has 0 saturated heterocycles. The van der Waals surface area contributed by atoms with Gasteiger partial charge in [-0.3, -0.25) is 14.3 Å². The summed E-state index contributed by atoms with van der Waals surface area (Å²) in [6.45, 7) is 3.21. The van der Waals surface area contributed by atoms with E-state index < -0.39 is 17.3 Å². The van der Waals surface area contributed by atoms with Crippen LogP contribution in [0.15, 0.2) is 95.9 Å². The Hall–Kier alpha value is -4.93. The minimum absolute atomic E-state index is 0.0146. The van der Waals surface area contributed by atoms with Gasteiger partial charge < -0.3 is 10.2 Å². The first-order valence-corrected chi connectivity index (χ1v) is 18.8. The van der Waals surface area contributed by atoms with Crippen LogP contribution in [0.4, 0.5) is 13.2 Å². The number of nitriles is 1. The van der Waals surface area contributed by atoms with Gasteiger partial charge >= 0.3 is 6.18 Å². The zero-order chi connectivity index (χ0) is 38.7. The van der Waals surface area contributed by atoms with E-state index in [-0.39, 0.29) is 29.6 Å². The molecule has 13 heteroatoms. The lowest BCUT2D eigenvalue weighted by molar-refractivity contribution is -0.137. The molecule has 1 aliphatic carbocycles. The Balaban J connectivity index is 0.000000448. The molecule has 0 spiro atoms. The number of halogens is 4. The van der Waals surface area contributed by atoms with Crippen molar-refractivity contribution in [3.63, 3.8) is 0 Å².